The Morgan fingerprint density at radius 1 is 1.56 bits per heavy atom. The Labute approximate surface area is 94.8 Å². The van der Waals surface area contributed by atoms with Crippen molar-refractivity contribution >= 4 is 5.91 Å². The van der Waals surface area contributed by atoms with Crippen LogP contribution in [-0.4, -0.2) is 42.1 Å². The third-order valence-corrected chi connectivity index (χ3v) is 3.07. The third-order valence-electron chi connectivity index (χ3n) is 3.07. The summed E-state index contributed by atoms with van der Waals surface area (Å²) in [5.41, 5.74) is 0.389. The van der Waals surface area contributed by atoms with Gasteiger partial charge in [0.25, 0.3) is 5.91 Å². The van der Waals surface area contributed by atoms with Crippen molar-refractivity contribution in [1.82, 2.24) is 15.4 Å². The molecule has 1 unspecified atom stereocenters. The van der Waals surface area contributed by atoms with Crippen molar-refractivity contribution in [3.8, 4) is 0 Å². The van der Waals surface area contributed by atoms with Crippen LogP contribution in [0.4, 0.5) is 0 Å². The van der Waals surface area contributed by atoms with Crippen LogP contribution < -0.4 is 5.32 Å². The van der Waals surface area contributed by atoms with Crippen LogP contribution in [0.3, 0.4) is 0 Å². The number of hydrogen-bond donors (Lipinski definition) is 1. The van der Waals surface area contributed by atoms with Crippen molar-refractivity contribution < 1.29 is 9.32 Å². The van der Waals surface area contributed by atoms with E-state index in [1.54, 1.807) is 11.0 Å². The van der Waals surface area contributed by atoms with Crippen LogP contribution in [-0.2, 0) is 0 Å². The molecule has 1 fully saturated rings. The van der Waals surface area contributed by atoms with Crippen molar-refractivity contribution in [3.05, 3.63) is 18.0 Å². The Balaban J connectivity index is 2.00. The molecule has 1 aliphatic heterocycles. The van der Waals surface area contributed by atoms with Gasteiger partial charge in [0.05, 0.1) is 0 Å². The topological polar surface area (TPSA) is 58.4 Å². The maximum atomic E-state index is 12.0. The Morgan fingerprint density at radius 2 is 2.44 bits per heavy atom. The largest absolute Gasteiger partial charge is 0.364 e. The summed E-state index contributed by atoms with van der Waals surface area (Å²) in [7, 11) is 1.84. The fourth-order valence-corrected chi connectivity index (χ4v) is 2.06. The predicted octanol–water partition coefficient (Wildman–Crippen LogP) is 0.889. The summed E-state index contributed by atoms with van der Waals surface area (Å²) in [6, 6.07) is 1.91. The normalized spacial score (nSPS) is 21.4. The molecule has 0 saturated carbocycles. The molecule has 1 aliphatic rings. The number of rotatable bonds is 2. The van der Waals surface area contributed by atoms with E-state index in [2.05, 4.69) is 15.0 Å². The minimum atomic E-state index is -0.0550. The number of amides is 1. The average molecular weight is 223 g/mol. The van der Waals surface area contributed by atoms with Gasteiger partial charge in [-0.25, -0.2) is 0 Å². The lowest BCUT2D eigenvalue weighted by Gasteiger charge is -2.26. The van der Waals surface area contributed by atoms with E-state index in [1.807, 2.05) is 7.05 Å². The van der Waals surface area contributed by atoms with Crippen LogP contribution in [0.15, 0.2) is 16.9 Å². The Morgan fingerprint density at radius 3 is 3.19 bits per heavy atom. The Bertz CT molecular complexity index is 329. The molecule has 1 aromatic rings. The smallest absolute Gasteiger partial charge is 0.276 e. The first-order valence-corrected chi connectivity index (χ1v) is 5.67. The zero-order valence-electron chi connectivity index (χ0n) is 9.48. The van der Waals surface area contributed by atoms with Gasteiger partial charge in [0.15, 0.2) is 5.69 Å². The summed E-state index contributed by atoms with van der Waals surface area (Å²) in [4.78, 5) is 13.8. The highest BCUT2D eigenvalue weighted by Gasteiger charge is 2.23. The highest BCUT2D eigenvalue weighted by atomic mass is 16.5. The van der Waals surface area contributed by atoms with Gasteiger partial charge in [-0.1, -0.05) is 5.16 Å². The summed E-state index contributed by atoms with van der Waals surface area (Å²) >= 11 is 0. The number of hydrogen-bond acceptors (Lipinski definition) is 4. The van der Waals surface area contributed by atoms with E-state index in [0.29, 0.717) is 11.7 Å². The molecule has 1 N–H and O–H groups in total. The second-order valence-corrected chi connectivity index (χ2v) is 4.14. The van der Waals surface area contributed by atoms with Crippen molar-refractivity contribution in [1.29, 1.82) is 0 Å². The van der Waals surface area contributed by atoms with Gasteiger partial charge in [0, 0.05) is 19.2 Å². The quantitative estimate of drug-likeness (QED) is 0.809. The van der Waals surface area contributed by atoms with Crippen LogP contribution in [0.25, 0.3) is 0 Å². The van der Waals surface area contributed by atoms with E-state index in [1.165, 1.54) is 6.26 Å². The van der Waals surface area contributed by atoms with Crippen molar-refractivity contribution in [3.63, 3.8) is 0 Å². The number of nitrogens with one attached hydrogen (secondary N) is 1. The van der Waals surface area contributed by atoms with Gasteiger partial charge in [0.1, 0.15) is 6.26 Å². The fraction of sp³-hybridized carbons (Fsp3) is 0.636. The van der Waals surface area contributed by atoms with Gasteiger partial charge in [-0.05, 0) is 32.4 Å². The lowest BCUT2D eigenvalue weighted by atomic mass is 10.1. The number of nitrogens with zero attached hydrogens (tertiary/aromatic N) is 2. The van der Waals surface area contributed by atoms with Crippen LogP contribution in [0.2, 0.25) is 0 Å². The van der Waals surface area contributed by atoms with Gasteiger partial charge in [-0.15, -0.1) is 0 Å². The number of aromatic nitrogens is 1. The lowest BCUT2D eigenvalue weighted by Crippen LogP contribution is -2.37. The molecule has 0 aromatic carbocycles. The molecule has 16 heavy (non-hydrogen) atoms. The number of carbonyl (C=O) groups excluding carboxylic acids is 1. The van der Waals surface area contributed by atoms with Crippen molar-refractivity contribution in [2.75, 3.05) is 20.1 Å². The van der Waals surface area contributed by atoms with E-state index < -0.39 is 0 Å². The molecule has 1 atom stereocenters. The van der Waals surface area contributed by atoms with E-state index in [9.17, 15) is 4.79 Å². The highest BCUT2D eigenvalue weighted by molar-refractivity contribution is 5.92. The first-order valence-electron chi connectivity index (χ1n) is 5.67. The minimum Gasteiger partial charge on any atom is -0.364 e. The summed E-state index contributed by atoms with van der Waals surface area (Å²) in [5.74, 6) is -0.0550. The summed E-state index contributed by atoms with van der Waals surface area (Å²) in [5, 5.41) is 7.01. The van der Waals surface area contributed by atoms with E-state index >= 15 is 0 Å². The molecule has 0 radical (unpaired) electrons. The fourth-order valence-electron chi connectivity index (χ4n) is 2.06. The Hall–Kier alpha value is -1.36. The molecule has 88 valence electrons. The number of carbonyl (C=O) groups is 1. The minimum absolute atomic E-state index is 0.0550. The summed E-state index contributed by atoms with van der Waals surface area (Å²) in [6.07, 6.45) is 4.59. The first-order chi connectivity index (χ1) is 7.79. The van der Waals surface area contributed by atoms with E-state index in [0.717, 1.165) is 32.4 Å². The SMILES string of the molecule is CN(C(=O)c1ccon1)C1CCCNCC1. The van der Waals surface area contributed by atoms with Gasteiger partial charge in [0.2, 0.25) is 0 Å². The van der Waals surface area contributed by atoms with Crippen LogP contribution in [0, 0.1) is 0 Å². The van der Waals surface area contributed by atoms with Gasteiger partial charge < -0.3 is 14.7 Å². The van der Waals surface area contributed by atoms with Crippen LogP contribution >= 0.6 is 0 Å². The molecule has 2 heterocycles. The molecule has 5 heteroatoms. The third kappa shape index (κ3) is 2.41. The monoisotopic (exact) mass is 223 g/mol. The second kappa shape index (κ2) is 5.12. The van der Waals surface area contributed by atoms with Gasteiger partial charge >= 0.3 is 0 Å². The van der Waals surface area contributed by atoms with Crippen molar-refractivity contribution in [2.24, 2.45) is 0 Å². The molecule has 1 amide bonds. The predicted molar refractivity (Wildman–Crippen MR) is 59.1 cm³/mol. The molecule has 5 nitrogen and oxygen atoms in total. The zero-order chi connectivity index (χ0) is 11.4. The molecule has 0 spiro atoms. The summed E-state index contributed by atoms with van der Waals surface area (Å²) in [6.45, 7) is 2.02. The molecule has 1 aromatic heterocycles. The maximum absolute atomic E-state index is 12.0. The molecular formula is C11H17N3O2. The van der Waals surface area contributed by atoms with Gasteiger partial charge in [-0.2, -0.15) is 0 Å². The first kappa shape index (κ1) is 11.1. The standard InChI is InChI=1S/C11H17N3O2/c1-14(9-3-2-6-12-7-4-9)11(15)10-5-8-16-13-10/h5,8-9,12H,2-4,6-7H2,1H3. The molecule has 0 bridgehead atoms. The summed E-state index contributed by atoms with van der Waals surface area (Å²) < 4.78 is 4.69. The average Bonchev–Trinajstić information content (AvgIpc) is 2.70. The lowest BCUT2D eigenvalue weighted by molar-refractivity contribution is 0.0710. The van der Waals surface area contributed by atoms with E-state index in [-0.39, 0.29) is 5.91 Å². The molecule has 2 rings (SSSR count). The molecule has 0 aliphatic carbocycles. The zero-order valence-corrected chi connectivity index (χ0v) is 9.48. The van der Waals surface area contributed by atoms with Crippen LogP contribution in [0.5, 0.6) is 0 Å². The van der Waals surface area contributed by atoms with E-state index in [4.69, 9.17) is 0 Å². The molecular weight excluding hydrogens is 206 g/mol. The van der Waals surface area contributed by atoms with Crippen molar-refractivity contribution in [2.45, 2.75) is 25.3 Å². The van der Waals surface area contributed by atoms with Crippen LogP contribution in [0.1, 0.15) is 29.8 Å². The maximum Gasteiger partial charge on any atom is 0.276 e. The van der Waals surface area contributed by atoms with Gasteiger partial charge in [-0.3, -0.25) is 4.79 Å². The second-order valence-electron chi connectivity index (χ2n) is 4.14. The Kier molecular flexibility index (Phi) is 3.56. The molecule has 1 saturated heterocycles. The highest BCUT2D eigenvalue weighted by Crippen LogP contribution is 2.14.